The van der Waals surface area contributed by atoms with Crippen molar-refractivity contribution in [2.24, 2.45) is 11.3 Å². The molecule has 106 valence electrons. The first-order valence-corrected chi connectivity index (χ1v) is 6.61. The minimum atomic E-state index is -0.354. The normalized spacial score (nSPS) is 20.4. The van der Waals surface area contributed by atoms with Crippen LogP contribution < -0.4 is 10.6 Å². The quantitative estimate of drug-likeness (QED) is 0.694. The molecule has 1 aliphatic heterocycles. The van der Waals surface area contributed by atoms with Crippen molar-refractivity contribution in [3.63, 3.8) is 0 Å². The summed E-state index contributed by atoms with van der Waals surface area (Å²) in [4.78, 5) is 12.4. The molecule has 0 aromatic rings. The summed E-state index contributed by atoms with van der Waals surface area (Å²) in [6.45, 7) is 5.65. The molecular weight excluding hydrogens is 232 g/mol. The third-order valence-electron chi connectivity index (χ3n) is 3.53. The van der Waals surface area contributed by atoms with E-state index >= 15 is 0 Å². The van der Waals surface area contributed by atoms with Crippen molar-refractivity contribution >= 4 is 5.91 Å². The van der Waals surface area contributed by atoms with E-state index in [0.717, 1.165) is 25.9 Å². The highest BCUT2D eigenvalue weighted by molar-refractivity contribution is 5.83. The summed E-state index contributed by atoms with van der Waals surface area (Å²) < 4.78 is 10.3. The fourth-order valence-electron chi connectivity index (χ4n) is 2.42. The van der Waals surface area contributed by atoms with E-state index in [2.05, 4.69) is 17.6 Å². The van der Waals surface area contributed by atoms with Crippen LogP contribution in [0, 0.1) is 11.3 Å². The SMILES string of the molecule is COCC(C)CNC(=O)C1(COC)CCNCC1. The molecule has 2 N–H and O–H groups in total. The Kier molecular flexibility index (Phi) is 6.60. The van der Waals surface area contributed by atoms with Gasteiger partial charge in [0.15, 0.2) is 0 Å². The summed E-state index contributed by atoms with van der Waals surface area (Å²) in [7, 11) is 3.34. The summed E-state index contributed by atoms with van der Waals surface area (Å²) >= 11 is 0. The standard InChI is InChI=1S/C13H26N2O3/c1-11(9-17-2)8-15-12(16)13(10-18-3)4-6-14-7-5-13/h11,14H,4-10H2,1-3H3,(H,15,16). The first kappa shape index (κ1) is 15.4. The van der Waals surface area contributed by atoms with Crippen LogP contribution in [0.4, 0.5) is 0 Å². The molecule has 0 aromatic carbocycles. The van der Waals surface area contributed by atoms with E-state index in [4.69, 9.17) is 9.47 Å². The van der Waals surface area contributed by atoms with Gasteiger partial charge in [-0.1, -0.05) is 6.92 Å². The topological polar surface area (TPSA) is 59.6 Å². The minimum absolute atomic E-state index is 0.119. The van der Waals surface area contributed by atoms with Crippen LogP contribution in [0.2, 0.25) is 0 Å². The number of hydrogen-bond donors (Lipinski definition) is 2. The highest BCUT2D eigenvalue weighted by Gasteiger charge is 2.39. The van der Waals surface area contributed by atoms with Gasteiger partial charge in [-0.05, 0) is 31.8 Å². The number of ether oxygens (including phenoxy) is 2. The summed E-state index contributed by atoms with van der Waals surface area (Å²) in [5, 5.41) is 6.32. The number of amides is 1. The molecule has 5 heteroatoms. The van der Waals surface area contributed by atoms with Gasteiger partial charge in [0.1, 0.15) is 0 Å². The maximum Gasteiger partial charge on any atom is 0.228 e. The van der Waals surface area contributed by atoms with E-state index in [1.165, 1.54) is 0 Å². The van der Waals surface area contributed by atoms with Crippen molar-refractivity contribution in [2.45, 2.75) is 19.8 Å². The molecule has 1 saturated heterocycles. The summed E-state index contributed by atoms with van der Waals surface area (Å²) in [5.74, 6) is 0.453. The number of hydrogen-bond acceptors (Lipinski definition) is 4. The minimum Gasteiger partial charge on any atom is -0.384 e. The van der Waals surface area contributed by atoms with Crippen LogP contribution >= 0.6 is 0 Å². The zero-order chi connectivity index (χ0) is 13.4. The predicted octanol–water partition coefficient (Wildman–Crippen LogP) is 0.401. The summed E-state index contributed by atoms with van der Waals surface area (Å²) in [5.41, 5.74) is -0.354. The molecule has 1 atom stereocenters. The van der Waals surface area contributed by atoms with E-state index in [1.807, 2.05) is 0 Å². The Labute approximate surface area is 110 Å². The molecule has 0 aliphatic carbocycles. The van der Waals surface area contributed by atoms with Crippen molar-refractivity contribution in [3.05, 3.63) is 0 Å². The fourth-order valence-corrected chi connectivity index (χ4v) is 2.42. The van der Waals surface area contributed by atoms with Gasteiger partial charge in [0.25, 0.3) is 0 Å². The Bertz CT molecular complexity index is 247. The van der Waals surface area contributed by atoms with Gasteiger partial charge in [-0.15, -0.1) is 0 Å². The Hall–Kier alpha value is -0.650. The number of methoxy groups -OCH3 is 2. The molecule has 0 spiro atoms. The average Bonchev–Trinajstić information content (AvgIpc) is 2.38. The zero-order valence-electron chi connectivity index (χ0n) is 11.8. The lowest BCUT2D eigenvalue weighted by atomic mass is 9.78. The highest BCUT2D eigenvalue weighted by atomic mass is 16.5. The van der Waals surface area contributed by atoms with E-state index < -0.39 is 0 Å². The van der Waals surface area contributed by atoms with Crippen molar-refractivity contribution in [1.82, 2.24) is 10.6 Å². The van der Waals surface area contributed by atoms with Crippen LogP contribution in [0.1, 0.15) is 19.8 Å². The third-order valence-corrected chi connectivity index (χ3v) is 3.53. The van der Waals surface area contributed by atoms with Gasteiger partial charge in [0.05, 0.1) is 18.6 Å². The molecule has 0 radical (unpaired) electrons. The molecule has 5 nitrogen and oxygen atoms in total. The maximum absolute atomic E-state index is 12.4. The molecule has 0 saturated carbocycles. The van der Waals surface area contributed by atoms with Crippen molar-refractivity contribution in [2.75, 3.05) is 47.1 Å². The second-order valence-corrected chi connectivity index (χ2v) is 5.23. The van der Waals surface area contributed by atoms with Crippen LogP contribution in [0.25, 0.3) is 0 Å². The first-order valence-electron chi connectivity index (χ1n) is 6.61. The van der Waals surface area contributed by atoms with Gasteiger partial charge in [0.2, 0.25) is 5.91 Å². The van der Waals surface area contributed by atoms with E-state index in [-0.39, 0.29) is 11.3 Å². The Balaban J connectivity index is 2.49. The van der Waals surface area contributed by atoms with Gasteiger partial charge in [-0.3, -0.25) is 4.79 Å². The van der Waals surface area contributed by atoms with Crippen LogP contribution in [0.5, 0.6) is 0 Å². The molecule has 1 aliphatic rings. The number of nitrogens with one attached hydrogen (secondary N) is 2. The molecule has 1 heterocycles. The second kappa shape index (κ2) is 7.71. The van der Waals surface area contributed by atoms with E-state index in [9.17, 15) is 4.79 Å². The number of carbonyl (C=O) groups is 1. The molecule has 1 rings (SSSR count). The molecule has 1 fully saturated rings. The second-order valence-electron chi connectivity index (χ2n) is 5.23. The van der Waals surface area contributed by atoms with Gasteiger partial charge < -0.3 is 20.1 Å². The molecular formula is C13H26N2O3. The zero-order valence-corrected chi connectivity index (χ0v) is 11.8. The Morgan fingerprint density at radius 1 is 1.33 bits per heavy atom. The molecule has 0 bridgehead atoms. The lowest BCUT2D eigenvalue weighted by Gasteiger charge is -2.35. The van der Waals surface area contributed by atoms with Crippen LogP contribution in [0.3, 0.4) is 0 Å². The van der Waals surface area contributed by atoms with Crippen LogP contribution in [-0.2, 0) is 14.3 Å². The smallest absolute Gasteiger partial charge is 0.228 e. The van der Waals surface area contributed by atoms with Gasteiger partial charge in [-0.2, -0.15) is 0 Å². The van der Waals surface area contributed by atoms with Crippen molar-refractivity contribution < 1.29 is 14.3 Å². The summed E-state index contributed by atoms with van der Waals surface area (Å²) in [6.07, 6.45) is 1.68. The Morgan fingerprint density at radius 3 is 2.56 bits per heavy atom. The van der Waals surface area contributed by atoms with Crippen molar-refractivity contribution in [3.8, 4) is 0 Å². The number of piperidine rings is 1. The van der Waals surface area contributed by atoms with Gasteiger partial charge in [-0.25, -0.2) is 0 Å². The molecule has 0 aromatic heterocycles. The lowest BCUT2D eigenvalue weighted by molar-refractivity contribution is -0.136. The Morgan fingerprint density at radius 2 is 2.00 bits per heavy atom. The molecule has 1 amide bonds. The maximum atomic E-state index is 12.4. The lowest BCUT2D eigenvalue weighted by Crippen LogP contribution is -2.51. The third kappa shape index (κ3) is 4.23. The largest absolute Gasteiger partial charge is 0.384 e. The highest BCUT2D eigenvalue weighted by Crippen LogP contribution is 2.29. The number of rotatable bonds is 7. The van der Waals surface area contributed by atoms with Crippen molar-refractivity contribution in [1.29, 1.82) is 0 Å². The van der Waals surface area contributed by atoms with E-state index in [0.29, 0.717) is 25.7 Å². The van der Waals surface area contributed by atoms with Crippen LogP contribution in [0.15, 0.2) is 0 Å². The summed E-state index contributed by atoms with van der Waals surface area (Å²) in [6, 6.07) is 0. The average molecular weight is 258 g/mol. The molecule has 18 heavy (non-hydrogen) atoms. The van der Waals surface area contributed by atoms with Crippen LogP contribution in [-0.4, -0.2) is 53.0 Å². The molecule has 1 unspecified atom stereocenters. The first-order chi connectivity index (χ1) is 8.64. The van der Waals surface area contributed by atoms with E-state index in [1.54, 1.807) is 14.2 Å². The van der Waals surface area contributed by atoms with Gasteiger partial charge in [0, 0.05) is 20.8 Å². The number of carbonyl (C=O) groups excluding carboxylic acids is 1. The fraction of sp³-hybridized carbons (Fsp3) is 0.923. The predicted molar refractivity (Wildman–Crippen MR) is 70.5 cm³/mol. The monoisotopic (exact) mass is 258 g/mol. The van der Waals surface area contributed by atoms with Gasteiger partial charge >= 0.3 is 0 Å².